The number of aliphatic hydroxyl groups is 1. The molecule has 0 spiro atoms. The van der Waals surface area contributed by atoms with Crippen molar-refractivity contribution in [1.29, 1.82) is 0 Å². The summed E-state index contributed by atoms with van der Waals surface area (Å²) >= 11 is 0. The van der Waals surface area contributed by atoms with E-state index >= 15 is 0 Å². The van der Waals surface area contributed by atoms with E-state index in [1.54, 1.807) is 13.8 Å². The van der Waals surface area contributed by atoms with Gasteiger partial charge in [0.2, 0.25) is 6.29 Å². The Morgan fingerprint density at radius 2 is 1.81 bits per heavy atom. The monoisotopic (exact) mass is 473 g/mol. The van der Waals surface area contributed by atoms with Gasteiger partial charge in [0.25, 0.3) is 5.08 Å². The van der Waals surface area contributed by atoms with Crippen LogP contribution < -0.4 is 4.74 Å². The van der Waals surface area contributed by atoms with E-state index < -0.39 is 45.2 Å². The molecule has 2 unspecified atom stereocenters. The highest BCUT2D eigenvalue weighted by atomic mass is 31.2. The zero-order chi connectivity index (χ0) is 22.9. The number of pyridine rings is 1. The maximum Gasteiger partial charge on any atom is 0.514 e. The molecule has 1 aliphatic rings. The molecule has 0 radical (unpaired) electrons. The molecule has 1 aromatic heterocycles. The number of carbonyl (C=O) groups is 1. The van der Waals surface area contributed by atoms with Crippen molar-refractivity contribution in [3.05, 3.63) is 59.9 Å². The molecule has 0 aliphatic carbocycles. The number of nitrogens with zero attached hydrogens (tertiary/aromatic N) is 1. The molecule has 1 aromatic carbocycles. The summed E-state index contributed by atoms with van der Waals surface area (Å²) in [6, 6.07) is 8.49. The smallest absolute Gasteiger partial charge is 0.431 e. The summed E-state index contributed by atoms with van der Waals surface area (Å²) in [5, 5.41) is 7.62. The standard InChI is InChI=1S/C18H21NO10P2/c1-12(2)26-17(20)27-15-8-4-3-7-14(15)16-28-30(22,23)18(21,31(24,25)29-16)10-13-6-5-9-19-11-13/h3-9,11-12,16,21H,10H2,1-2H3,(H,22,23)(H,24,25). The largest absolute Gasteiger partial charge is 0.514 e. The second-order valence-electron chi connectivity index (χ2n) is 6.95. The van der Waals surface area contributed by atoms with Crippen molar-refractivity contribution in [3.8, 4) is 5.75 Å². The number of benzene rings is 1. The molecular weight excluding hydrogens is 452 g/mol. The Morgan fingerprint density at radius 1 is 1.16 bits per heavy atom. The first kappa shape index (κ1) is 23.6. The zero-order valence-corrected chi connectivity index (χ0v) is 18.3. The van der Waals surface area contributed by atoms with Crippen LogP contribution >= 0.6 is 15.2 Å². The van der Waals surface area contributed by atoms with Crippen molar-refractivity contribution in [2.75, 3.05) is 0 Å². The number of para-hydroxylation sites is 1. The van der Waals surface area contributed by atoms with Gasteiger partial charge < -0.3 is 24.4 Å². The lowest BCUT2D eigenvalue weighted by molar-refractivity contribution is -0.0589. The molecule has 2 atom stereocenters. The Labute approximate surface area is 177 Å². The molecule has 1 saturated heterocycles. The summed E-state index contributed by atoms with van der Waals surface area (Å²) in [6.45, 7) is 3.21. The van der Waals surface area contributed by atoms with Crippen LogP contribution in [0.25, 0.3) is 0 Å². The van der Waals surface area contributed by atoms with Gasteiger partial charge in [-0.2, -0.15) is 0 Å². The summed E-state index contributed by atoms with van der Waals surface area (Å²) in [5.41, 5.74) is 0.0783. The normalized spacial score (nSPS) is 30.7. The summed E-state index contributed by atoms with van der Waals surface area (Å²) in [4.78, 5) is 36.5. The van der Waals surface area contributed by atoms with Crippen LogP contribution in [0.4, 0.5) is 4.79 Å². The molecule has 3 rings (SSSR count). The summed E-state index contributed by atoms with van der Waals surface area (Å²) in [5.74, 6) is -0.184. The van der Waals surface area contributed by atoms with Crippen molar-refractivity contribution < 1.29 is 47.3 Å². The minimum absolute atomic E-state index is 0.129. The zero-order valence-electron chi connectivity index (χ0n) is 16.5. The van der Waals surface area contributed by atoms with Gasteiger partial charge in [0, 0.05) is 18.8 Å². The van der Waals surface area contributed by atoms with E-state index in [9.17, 15) is 28.8 Å². The molecule has 2 aromatic rings. The van der Waals surface area contributed by atoms with Crippen LogP contribution in [-0.2, 0) is 29.3 Å². The number of hydrogen-bond acceptors (Lipinski definition) is 9. The molecule has 0 amide bonds. The third kappa shape index (κ3) is 4.88. The highest BCUT2D eigenvalue weighted by Gasteiger charge is 2.67. The minimum atomic E-state index is -5.18. The van der Waals surface area contributed by atoms with Crippen LogP contribution in [-0.4, -0.2) is 37.2 Å². The Kier molecular flexibility index (Phi) is 6.69. The maximum atomic E-state index is 12.9. The molecule has 13 heteroatoms. The fourth-order valence-corrected chi connectivity index (χ4v) is 6.33. The van der Waals surface area contributed by atoms with E-state index in [1.807, 2.05) is 0 Å². The van der Waals surface area contributed by atoms with Gasteiger partial charge >= 0.3 is 21.3 Å². The van der Waals surface area contributed by atoms with Gasteiger partial charge in [-0.25, -0.2) is 4.79 Å². The van der Waals surface area contributed by atoms with Crippen molar-refractivity contribution >= 4 is 21.3 Å². The molecule has 0 bridgehead atoms. The van der Waals surface area contributed by atoms with Crippen LogP contribution in [0.3, 0.4) is 0 Å². The van der Waals surface area contributed by atoms with E-state index in [0.29, 0.717) is 0 Å². The number of rotatable bonds is 5. The maximum absolute atomic E-state index is 12.9. The molecule has 0 saturated carbocycles. The van der Waals surface area contributed by atoms with Crippen molar-refractivity contribution in [2.24, 2.45) is 0 Å². The van der Waals surface area contributed by atoms with Gasteiger partial charge in [0.1, 0.15) is 5.75 Å². The Bertz CT molecular complexity index is 1020. The number of aromatic nitrogens is 1. The average molecular weight is 473 g/mol. The van der Waals surface area contributed by atoms with Crippen molar-refractivity contribution in [3.63, 3.8) is 0 Å². The predicted octanol–water partition coefficient (Wildman–Crippen LogP) is 3.31. The Balaban J connectivity index is 1.92. The summed E-state index contributed by atoms with van der Waals surface area (Å²) in [7, 11) is -10.4. The van der Waals surface area contributed by atoms with Gasteiger partial charge in [-0.05, 0) is 31.5 Å². The Morgan fingerprint density at radius 3 is 2.39 bits per heavy atom. The first-order valence-corrected chi connectivity index (χ1v) is 12.2. The van der Waals surface area contributed by atoms with E-state index in [4.69, 9.17) is 18.5 Å². The fourth-order valence-electron chi connectivity index (χ4n) is 2.77. The van der Waals surface area contributed by atoms with Crippen LogP contribution in [0.1, 0.15) is 31.3 Å². The molecule has 1 aliphatic heterocycles. The molecule has 11 nitrogen and oxygen atoms in total. The molecule has 31 heavy (non-hydrogen) atoms. The van der Waals surface area contributed by atoms with E-state index in [0.717, 1.165) is 0 Å². The van der Waals surface area contributed by atoms with Crippen LogP contribution in [0, 0.1) is 0 Å². The van der Waals surface area contributed by atoms with Gasteiger partial charge in [-0.3, -0.25) is 23.2 Å². The predicted molar refractivity (Wildman–Crippen MR) is 106 cm³/mol. The molecule has 2 heterocycles. The number of hydrogen-bond donors (Lipinski definition) is 3. The molecule has 168 valence electrons. The lowest BCUT2D eigenvalue weighted by Crippen LogP contribution is -2.38. The third-order valence-electron chi connectivity index (χ3n) is 4.24. The van der Waals surface area contributed by atoms with Gasteiger partial charge in [-0.15, -0.1) is 0 Å². The number of carbonyl (C=O) groups excluding carboxylic acids is 1. The summed E-state index contributed by atoms with van der Waals surface area (Å²) in [6.07, 6.45) is -1.47. The molecule has 1 fully saturated rings. The molecule has 3 N–H and O–H groups in total. The average Bonchev–Trinajstić information content (AvgIpc) is 2.66. The number of ether oxygens (including phenoxy) is 2. The van der Waals surface area contributed by atoms with E-state index in [1.165, 1.54) is 48.8 Å². The van der Waals surface area contributed by atoms with Gasteiger partial charge in [0.05, 0.1) is 11.7 Å². The second-order valence-corrected chi connectivity index (χ2v) is 11.3. The summed E-state index contributed by atoms with van der Waals surface area (Å²) < 4.78 is 45.8. The van der Waals surface area contributed by atoms with Crippen LogP contribution in [0.2, 0.25) is 0 Å². The first-order chi connectivity index (χ1) is 14.5. The fraction of sp³-hybridized carbons (Fsp3) is 0.333. The SMILES string of the molecule is CC(C)OC(=O)Oc1ccccc1C1OP(=O)(O)C(O)(Cc2cccnc2)P(=O)(O)O1. The minimum Gasteiger partial charge on any atom is -0.431 e. The lowest BCUT2D eigenvalue weighted by atomic mass is 10.2. The van der Waals surface area contributed by atoms with Crippen LogP contribution in [0.15, 0.2) is 48.8 Å². The highest BCUT2D eigenvalue weighted by molar-refractivity contribution is 7.73. The van der Waals surface area contributed by atoms with E-state index in [-0.39, 0.29) is 16.9 Å². The topological polar surface area (TPSA) is 162 Å². The first-order valence-electron chi connectivity index (χ1n) is 9.06. The highest BCUT2D eigenvalue weighted by Crippen LogP contribution is 2.79. The van der Waals surface area contributed by atoms with Crippen molar-refractivity contribution in [2.45, 2.75) is 37.7 Å². The third-order valence-corrected chi connectivity index (χ3v) is 8.84. The quantitative estimate of drug-likeness (QED) is 0.332. The van der Waals surface area contributed by atoms with Crippen LogP contribution in [0.5, 0.6) is 5.75 Å². The Hall–Kier alpha value is -2.10. The van der Waals surface area contributed by atoms with Gasteiger partial charge in [-0.1, -0.05) is 24.3 Å². The second kappa shape index (κ2) is 8.80. The van der Waals surface area contributed by atoms with Crippen molar-refractivity contribution in [1.82, 2.24) is 4.98 Å². The van der Waals surface area contributed by atoms with Gasteiger partial charge in [0.15, 0.2) is 0 Å². The van der Waals surface area contributed by atoms with E-state index in [2.05, 4.69) is 4.98 Å². The molecular formula is C18H21NO10P2. The lowest BCUT2D eigenvalue weighted by Gasteiger charge is -2.41.